The number of thioether (sulfide) groups is 1. The third kappa shape index (κ3) is 2.08. The average molecular weight is 236 g/mol. The maximum absolute atomic E-state index is 11.9. The highest BCUT2D eigenvalue weighted by Gasteiger charge is 2.30. The first-order valence-corrected chi connectivity index (χ1v) is 6.62. The van der Waals surface area contributed by atoms with Crippen LogP contribution in [0.5, 0.6) is 0 Å². The molecule has 1 saturated heterocycles. The molecule has 1 unspecified atom stereocenters. The highest BCUT2D eigenvalue weighted by Crippen LogP contribution is 2.32. The van der Waals surface area contributed by atoms with Crippen LogP contribution in [-0.2, 0) is 4.79 Å². The van der Waals surface area contributed by atoms with Gasteiger partial charge in [-0.05, 0) is 30.9 Å². The van der Waals surface area contributed by atoms with Crippen LogP contribution in [0.1, 0.15) is 6.42 Å². The number of para-hydroxylation sites is 1. The minimum atomic E-state index is 0.192. The Kier molecular flexibility index (Phi) is 3.51. The molecule has 0 aliphatic carbocycles. The van der Waals surface area contributed by atoms with Gasteiger partial charge in [0.15, 0.2) is 0 Å². The molecule has 1 aromatic rings. The highest BCUT2D eigenvalue weighted by molar-refractivity contribution is 7.98. The van der Waals surface area contributed by atoms with Gasteiger partial charge in [0.05, 0.1) is 5.69 Å². The van der Waals surface area contributed by atoms with Gasteiger partial charge in [-0.15, -0.1) is 11.8 Å². The summed E-state index contributed by atoms with van der Waals surface area (Å²) in [4.78, 5) is 14.9. The number of hydrogen-bond donors (Lipinski definition) is 1. The molecule has 2 N–H and O–H groups in total. The molecule has 0 spiro atoms. The lowest BCUT2D eigenvalue weighted by Crippen LogP contribution is -2.26. The fourth-order valence-corrected chi connectivity index (χ4v) is 2.63. The molecule has 1 atom stereocenters. The molecule has 1 heterocycles. The Morgan fingerprint density at radius 2 is 2.25 bits per heavy atom. The van der Waals surface area contributed by atoms with Crippen molar-refractivity contribution in [2.45, 2.75) is 11.3 Å². The number of carbonyl (C=O) groups excluding carboxylic acids is 1. The third-order valence-electron chi connectivity index (χ3n) is 2.91. The zero-order valence-corrected chi connectivity index (χ0v) is 10.2. The summed E-state index contributed by atoms with van der Waals surface area (Å²) >= 11 is 1.67. The minimum absolute atomic E-state index is 0.192. The van der Waals surface area contributed by atoms with Crippen LogP contribution in [0.25, 0.3) is 0 Å². The van der Waals surface area contributed by atoms with E-state index in [9.17, 15) is 4.79 Å². The van der Waals surface area contributed by atoms with Crippen molar-refractivity contribution in [3.05, 3.63) is 24.3 Å². The van der Waals surface area contributed by atoms with E-state index < -0.39 is 0 Å². The largest absolute Gasteiger partial charge is 0.330 e. The molecule has 4 heteroatoms. The second kappa shape index (κ2) is 4.89. The summed E-state index contributed by atoms with van der Waals surface area (Å²) in [5.74, 6) is 0.499. The molecule has 0 aromatic heterocycles. The molecular weight excluding hydrogens is 220 g/mol. The van der Waals surface area contributed by atoms with E-state index in [0.29, 0.717) is 18.9 Å². The standard InChI is InChI=1S/C12H16N2OS/c1-16-11-5-3-2-4-10(11)14-8-9(7-13)6-12(14)15/h2-5,9H,6-8,13H2,1H3. The topological polar surface area (TPSA) is 46.3 Å². The van der Waals surface area contributed by atoms with Crippen LogP contribution in [0.15, 0.2) is 29.2 Å². The lowest BCUT2D eigenvalue weighted by molar-refractivity contribution is -0.117. The lowest BCUT2D eigenvalue weighted by atomic mass is 10.1. The summed E-state index contributed by atoms with van der Waals surface area (Å²) in [6.07, 6.45) is 2.61. The van der Waals surface area contributed by atoms with Gasteiger partial charge in [-0.1, -0.05) is 12.1 Å². The number of nitrogens with zero attached hydrogens (tertiary/aromatic N) is 1. The van der Waals surface area contributed by atoms with Gasteiger partial charge in [0.1, 0.15) is 0 Å². The van der Waals surface area contributed by atoms with Gasteiger partial charge < -0.3 is 10.6 Å². The molecule has 86 valence electrons. The summed E-state index contributed by atoms with van der Waals surface area (Å²) in [6.45, 7) is 1.34. The van der Waals surface area contributed by atoms with Gasteiger partial charge in [-0.25, -0.2) is 0 Å². The average Bonchev–Trinajstić information content (AvgIpc) is 2.70. The maximum Gasteiger partial charge on any atom is 0.227 e. The molecule has 3 nitrogen and oxygen atoms in total. The molecule has 2 rings (SSSR count). The zero-order valence-electron chi connectivity index (χ0n) is 9.35. The van der Waals surface area contributed by atoms with Crippen molar-refractivity contribution >= 4 is 23.4 Å². The minimum Gasteiger partial charge on any atom is -0.330 e. The Morgan fingerprint density at radius 1 is 1.50 bits per heavy atom. The number of benzene rings is 1. The summed E-state index contributed by atoms with van der Waals surface area (Å²) in [7, 11) is 0. The Bertz CT molecular complexity index is 394. The number of hydrogen-bond acceptors (Lipinski definition) is 3. The van der Waals surface area contributed by atoms with Gasteiger partial charge >= 0.3 is 0 Å². The van der Waals surface area contributed by atoms with E-state index in [1.54, 1.807) is 11.8 Å². The van der Waals surface area contributed by atoms with Crippen LogP contribution in [-0.4, -0.2) is 25.3 Å². The predicted octanol–water partition coefficient (Wildman–Crippen LogP) is 1.72. The van der Waals surface area contributed by atoms with Gasteiger partial charge in [0, 0.05) is 17.9 Å². The quantitative estimate of drug-likeness (QED) is 0.813. The molecule has 0 saturated carbocycles. The highest BCUT2D eigenvalue weighted by atomic mass is 32.2. The zero-order chi connectivity index (χ0) is 11.5. The number of amides is 1. The SMILES string of the molecule is CSc1ccccc1N1CC(CN)CC1=O. The maximum atomic E-state index is 11.9. The first kappa shape index (κ1) is 11.5. The molecule has 1 aliphatic rings. The number of rotatable bonds is 3. The van der Waals surface area contributed by atoms with Gasteiger partial charge in [-0.2, -0.15) is 0 Å². The summed E-state index contributed by atoms with van der Waals surface area (Å²) < 4.78 is 0. The molecule has 1 fully saturated rings. The molecule has 0 bridgehead atoms. The molecule has 1 aromatic carbocycles. The van der Waals surface area contributed by atoms with E-state index in [-0.39, 0.29) is 5.91 Å². The van der Waals surface area contributed by atoms with E-state index in [1.165, 1.54) is 0 Å². The van der Waals surface area contributed by atoms with Crippen molar-refractivity contribution in [2.75, 3.05) is 24.2 Å². The lowest BCUT2D eigenvalue weighted by Gasteiger charge is -2.19. The van der Waals surface area contributed by atoms with Crippen molar-refractivity contribution < 1.29 is 4.79 Å². The van der Waals surface area contributed by atoms with Crippen LogP contribution in [0.2, 0.25) is 0 Å². The molecule has 0 radical (unpaired) electrons. The molecular formula is C12H16N2OS. The molecule has 1 amide bonds. The van der Waals surface area contributed by atoms with E-state index in [1.807, 2.05) is 35.4 Å². The van der Waals surface area contributed by atoms with Crippen molar-refractivity contribution in [1.82, 2.24) is 0 Å². The van der Waals surface area contributed by atoms with Crippen molar-refractivity contribution in [3.8, 4) is 0 Å². The van der Waals surface area contributed by atoms with E-state index >= 15 is 0 Å². The Hall–Kier alpha value is -1.00. The van der Waals surface area contributed by atoms with E-state index in [4.69, 9.17) is 5.73 Å². The normalized spacial score (nSPS) is 20.5. The van der Waals surface area contributed by atoms with Gasteiger partial charge in [-0.3, -0.25) is 4.79 Å². The van der Waals surface area contributed by atoms with E-state index in [2.05, 4.69) is 0 Å². The van der Waals surface area contributed by atoms with Crippen molar-refractivity contribution in [1.29, 1.82) is 0 Å². The monoisotopic (exact) mass is 236 g/mol. The number of nitrogens with two attached hydrogens (primary N) is 1. The van der Waals surface area contributed by atoms with Crippen molar-refractivity contribution in [2.24, 2.45) is 11.7 Å². The second-order valence-corrected chi connectivity index (χ2v) is 4.83. The fourth-order valence-electron chi connectivity index (χ4n) is 2.03. The third-order valence-corrected chi connectivity index (χ3v) is 3.70. The summed E-state index contributed by atoms with van der Waals surface area (Å²) in [6, 6.07) is 8.01. The van der Waals surface area contributed by atoms with Crippen LogP contribution < -0.4 is 10.6 Å². The first-order valence-electron chi connectivity index (χ1n) is 5.39. The fraction of sp³-hybridized carbons (Fsp3) is 0.417. The Labute approximate surface area is 100.0 Å². The van der Waals surface area contributed by atoms with Crippen molar-refractivity contribution in [3.63, 3.8) is 0 Å². The molecule has 16 heavy (non-hydrogen) atoms. The summed E-state index contributed by atoms with van der Waals surface area (Å²) in [5.41, 5.74) is 6.65. The van der Waals surface area contributed by atoms with Gasteiger partial charge in [0.2, 0.25) is 5.91 Å². The molecule has 1 aliphatic heterocycles. The van der Waals surface area contributed by atoms with Crippen LogP contribution in [0, 0.1) is 5.92 Å². The van der Waals surface area contributed by atoms with Crippen LogP contribution >= 0.6 is 11.8 Å². The van der Waals surface area contributed by atoms with E-state index in [0.717, 1.165) is 17.1 Å². The predicted molar refractivity (Wildman–Crippen MR) is 67.7 cm³/mol. The van der Waals surface area contributed by atoms with Gasteiger partial charge in [0.25, 0.3) is 0 Å². The second-order valence-electron chi connectivity index (χ2n) is 3.98. The Balaban J connectivity index is 2.27. The van der Waals surface area contributed by atoms with Crippen LogP contribution in [0.3, 0.4) is 0 Å². The number of anilines is 1. The van der Waals surface area contributed by atoms with Crippen LogP contribution in [0.4, 0.5) is 5.69 Å². The Morgan fingerprint density at radius 3 is 2.88 bits per heavy atom. The number of carbonyl (C=O) groups is 1. The first-order chi connectivity index (χ1) is 7.76. The smallest absolute Gasteiger partial charge is 0.227 e. The summed E-state index contributed by atoms with van der Waals surface area (Å²) in [5, 5.41) is 0.